The van der Waals surface area contributed by atoms with E-state index < -0.39 is 22.5 Å². The maximum absolute atomic E-state index is 14.1. The number of hydrogen-bond donors (Lipinski definition) is 0. The standard InChI is InChI=1S/C16H31FN2O2Si2/c1-15(2,3)22(7,8)20-13-12(17)11-18-14(19-13)21-23(9,10)16(4,5)6/h11H,1-10H3. The molecule has 23 heavy (non-hydrogen) atoms. The van der Waals surface area contributed by atoms with Crippen molar-refractivity contribution in [3.05, 3.63) is 12.0 Å². The molecule has 1 aromatic rings. The molecule has 0 unspecified atom stereocenters. The van der Waals surface area contributed by atoms with E-state index >= 15 is 0 Å². The van der Waals surface area contributed by atoms with E-state index in [1.807, 2.05) is 0 Å². The predicted molar refractivity (Wildman–Crippen MR) is 97.6 cm³/mol. The molecule has 132 valence electrons. The third-order valence-corrected chi connectivity index (χ3v) is 13.6. The molecule has 0 aliphatic rings. The summed E-state index contributed by atoms with van der Waals surface area (Å²) in [6.07, 6.45) is 1.14. The molecule has 0 N–H and O–H groups in total. The zero-order valence-corrected chi connectivity index (χ0v) is 18.2. The topological polar surface area (TPSA) is 44.2 Å². The zero-order chi connectivity index (χ0) is 18.3. The third-order valence-electron chi connectivity index (χ3n) is 5.00. The van der Waals surface area contributed by atoms with Gasteiger partial charge in [-0.05, 0) is 36.3 Å². The van der Waals surface area contributed by atoms with Gasteiger partial charge < -0.3 is 8.85 Å². The molecular formula is C16H31FN2O2Si2. The van der Waals surface area contributed by atoms with Crippen molar-refractivity contribution in [3.63, 3.8) is 0 Å². The van der Waals surface area contributed by atoms with E-state index in [4.69, 9.17) is 8.85 Å². The van der Waals surface area contributed by atoms with Crippen molar-refractivity contribution < 1.29 is 13.2 Å². The van der Waals surface area contributed by atoms with Gasteiger partial charge in [-0.2, -0.15) is 9.37 Å². The fraction of sp³-hybridized carbons (Fsp3) is 0.750. The summed E-state index contributed by atoms with van der Waals surface area (Å²) in [6, 6.07) is 0.201. The number of halogens is 1. The molecule has 0 radical (unpaired) electrons. The highest BCUT2D eigenvalue weighted by Gasteiger charge is 2.41. The summed E-state index contributed by atoms with van der Waals surface area (Å²) in [4.78, 5) is 8.20. The van der Waals surface area contributed by atoms with Crippen molar-refractivity contribution in [1.29, 1.82) is 0 Å². The Bertz CT molecular complexity index is 564. The molecule has 0 aliphatic carbocycles. The van der Waals surface area contributed by atoms with Gasteiger partial charge in [-0.15, -0.1) is 0 Å². The summed E-state index contributed by atoms with van der Waals surface area (Å²) in [5.41, 5.74) is 0. The first-order valence-electron chi connectivity index (χ1n) is 7.97. The normalized spacial score (nSPS) is 13.9. The number of aromatic nitrogens is 2. The van der Waals surface area contributed by atoms with E-state index in [-0.39, 0.29) is 22.0 Å². The van der Waals surface area contributed by atoms with Crippen LogP contribution >= 0.6 is 0 Å². The molecule has 4 nitrogen and oxygen atoms in total. The van der Waals surface area contributed by atoms with Gasteiger partial charge in [0.1, 0.15) is 0 Å². The first-order chi connectivity index (χ1) is 10.1. The highest BCUT2D eigenvalue weighted by atomic mass is 28.4. The van der Waals surface area contributed by atoms with Crippen LogP contribution in [0.2, 0.25) is 36.3 Å². The Balaban J connectivity index is 3.10. The van der Waals surface area contributed by atoms with Crippen LogP contribution in [0, 0.1) is 5.82 Å². The van der Waals surface area contributed by atoms with Crippen LogP contribution in [-0.2, 0) is 0 Å². The fourth-order valence-electron chi connectivity index (χ4n) is 1.23. The van der Waals surface area contributed by atoms with Gasteiger partial charge in [0.05, 0.1) is 6.20 Å². The molecule has 0 amide bonds. The van der Waals surface area contributed by atoms with Gasteiger partial charge in [0.2, 0.25) is 11.7 Å². The Morgan fingerprint density at radius 1 is 0.870 bits per heavy atom. The first-order valence-corrected chi connectivity index (χ1v) is 13.8. The molecule has 1 heterocycles. The Labute approximate surface area is 142 Å². The van der Waals surface area contributed by atoms with Gasteiger partial charge in [-0.25, -0.2) is 4.98 Å². The van der Waals surface area contributed by atoms with Gasteiger partial charge in [0.15, 0.2) is 0 Å². The molecule has 0 spiro atoms. The monoisotopic (exact) mass is 358 g/mol. The van der Waals surface area contributed by atoms with Gasteiger partial charge in [0.25, 0.3) is 16.6 Å². The van der Waals surface area contributed by atoms with Crippen molar-refractivity contribution in [1.82, 2.24) is 9.97 Å². The van der Waals surface area contributed by atoms with Gasteiger partial charge in [0, 0.05) is 0 Å². The Hall–Kier alpha value is -0.956. The number of rotatable bonds is 4. The van der Waals surface area contributed by atoms with Crippen molar-refractivity contribution in [2.45, 2.75) is 77.8 Å². The second-order valence-electron chi connectivity index (χ2n) is 9.03. The summed E-state index contributed by atoms with van der Waals surface area (Å²) >= 11 is 0. The second-order valence-corrected chi connectivity index (χ2v) is 18.5. The van der Waals surface area contributed by atoms with Crippen LogP contribution in [0.1, 0.15) is 41.5 Å². The molecule has 0 bridgehead atoms. The van der Waals surface area contributed by atoms with E-state index in [1.54, 1.807) is 0 Å². The minimum absolute atomic E-state index is 0.000279. The molecule has 0 fully saturated rings. The SMILES string of the molecule is CC(C)(C)[Si](C)(C)Oc1ncc(F)c(O[Si](C)(C)C(C)(C)C)n1. The minimum atomic E-state index is -2.17. The summed E-state index contributed by atoms with van der Waals surface area (Å²) in [7, 11) is -4.24. The van der Waals surface area contributed by atoms with Crippen molar-refractivity contribution in [2.24, 2.45) is 0 Å². The quantitative estimate of drug-likeness (QED) is 0.677. The zero-order valence-electron chi connectivity index (χ0n) is 16.2. The van der Waals surface area contributed by atoms with Gasteiger partial charge >= 0.3 is 6.01 Å². The second kappa shape index (κ2) is 6.16. The lowest BCUT2D eigenvalue weighted by molar-refractivity contribution is 0.407. The minimum Gasteiger partial charge on any atom is -0.528 e. The summed E-state index contributed by atoms with van der Waals surface area (Å²) in [5, 5.41) is -0.0178. The molecule has 0 saturated carbocycles. The molecule has 1 rings (SSSR count). The average molecular weight is 359 g/mol. The third kappa shape index (κ3) is 4.76. The number of nitrogens with zero attached hydrogens (tertiary/aromatic N) is 2. The Kier molecular flexibility index (Phi) is 5.38. The van der Waals surface area contributed by atoms with E-state index in [0.717, 1.165) is 6.20 Å². The van der Waals surface area contributed by atoms with E-state index in [9.17, 15) is 4.39 Å². The van der Waals surface area contributed by atoms with Crippen molar-refractivity contribution in [3.8, 4) is 11.9 Å². The molecule has 0 aromatic carbocycles. The van der Waals surface area contributed by atoms with E-state index in [1.165, 1.54) is 0 Å². The van der Waals surface area contributed by atoms with Crippen LogP contribution < -0.4 is 8.85 Å². The van der Waals surface area contributed by atoms with Crippen molar-refractivity contribution >= 4 is 16.6 Å². The van der Waals surface area contributed by atoms with Crippen LogP contribution in [0.25, 0.3) is 0 Å². The molecule has 1 aromatic heterocycles. The predicted octanol–water partition coefficient (Wildman–Crippen LogP) is 5.38. The summed E-state index contributed by atoms with van der Waals surface area (Å²) in [6.45, 7) is 21.0. The fourth-order valence-corrected chi connectivity index (χ4v) is 3.03. The molecule has 0 atom stereocenters. The smallest absolute Gasteiger partial charge is 0.305 e. The lowest BCUT2D eigenvalue weighted by Crippen LogP contribution is -2.45. The van der Waals surface area contributed by atoms with Crippen LogP contribution in [0.15, 0.2) is 6.20 Å². The lowest BCUT2D eigenvalue weighted by Gasteiger charge is -2.37. The molecule has 7 heteroatoms. The van der Waals surface area contributed by atoms with Gasteiger partial charge in [-0.1, -0.05) is 41.5 Å². The van der Waals surface area contributed by atoms with Crippen LogP contribution in [0.3, 0.4) is 0 Å². The van der Waals surface area contributed by atoms with Crippen LogP contribution in [0.4, 0.5) is 4.39 Å². The van der Waals surface area contributed by atoms with E-state index in [0.29, 0.717) is 0 Å². The number of hydrogen-bond acceptors (Lipinski definition) is 4. The van der Waals surface area contributed by atoms with Gasteiger partial charge in [-0.3, -0.25) is 0 Å². The highest BCUT2D eigenvalue weighted by molar-refractivity contribution is 6.75. The molecular weight excluding hydrogens is 327 g/mol. The Morgan fingerprint density at radius 2 is 1.30 bits per heavy atom. The molecule has 0 aliphatic heterocycles. The Morgan fingerprint density at radius 3 is 1.74 bits per heavy atom. The lowest BCUT2D eigenvalue weighted by atomic mass is 10.2. The average Bonchev–Trinajstić information content (AvgIpc) is 2.29. The maximum atomic E-state index is 14.1. The van der Waals surface area contributed by atoms with Crippen LogP contribution in [0.5, 0.6) is 11.9 Å². The largest absolute Gasteiger partial charge is 0.528 e. The highest BCUT2D eigenvalue weighted by Crippen LogP contribution is 2.39. The summed E-state index contributed by atoms with van der Waals surface area (Å²) in [5.74, 6) is -0.544. The molecule has 0 saturated heterocycles. The maximum Gasteiger partial charge on any atom is 0.305 e. The summed E-state index contributed by atoms with van der Waals surface area (Å²) < 4.78 is 26.1. The van der Waals surface area contributed by atoms with E-state index in [2.05, 4.69) is 77.7 Å². The first kappa shape index (κ1) is 20.1. The van der Waals surface area contributed by atoms with Crippen LogP contribution in [-0.4, -0.2) is 26.6 Å². The van der Waals surface area contributed by atoms with Crippen molar-refractivity contribution in [2.75, 3.05) is 0 Å².